The average molecular weight is 429 g/mol. The fourth-order valence-electron chi connectivity index (χ4n) is 3.27. The van der Waals surface area contributed by atoms with E-state index in [4.69, 9.17) is 9.47 Å². The quantitative estimate of drug-likeness (QED) is 0.202. The Morgan fingerprint density at radius 1 is 1.17 bits per heavy atom. The largest absolute Gasteiger partial charge is 0.462 e. The summed E-state index contributed by atoms with van der Waals surface area (Å²) in [5.74, 6) is -1.82. The van der Waals surface area contributed by atoms with Crippen molar-refractivity contribution in [1.29, 1.82) is 0 Å². The molecule has 0 aliphatic heterocycles. The summed E-state index contributed by atoms with van der Waals surface area (Å²) in [7, 11) is 0. The highest BCUT2D eigenvalue weighted by Crippen LogP contribution is 2.25. The average Bonchev–Trinajstić information content (AvgIpc) is 3.33. The van der Waals surface area contributed by atoms with E-state index in [1.807, 2.05) is 22.9 Å². The van der Waals surface area contributed by atoms with E-state index < -0.39 is 17.7 Å². The molecule has 0 saturated carbocycles. The van der Waals surface area contributed by atoms with Crippen molar-refractivity contribution in [2.24, 2.45) is 0 Å². The number of carbonyl (C=O) groups is 3. The lowest BCUT2D eigenvalue weighted by Crippen LogP contribution is -2.18. The van der Waals surface area contributed by atoms with Crippen LogP contribution in [0, 0.1) is 20.8 Å². The molecule has 0 spiro atoms. The van der Waals surface area contributed by atoms with Gasteiger partial charge in [0.1, 0.15) is 5.57 Å². The van der Waals surface area contributed by atoms with E-state index in [1.54, 1.807) is 27.7 Å². The number of imidazole rings is 1. The van der Waals surface area contributed by atoms with Gasteiger partial charge in [0.05, 0.1) is 35.9 Å². The SMILES string of the molecule is CCOC(=O)/C(=C\c1c(C)nc2sccn12)C(=O)c1[nH]c(C)c(C(=O)OCC)c1C. The van der Waals surface area contributed by atoms with Crippen LogP contribution in [0.3, 0.4) is 0 Å². The lowest BCUT2D eigenvalue weighted by molar-refractivity contribution is -0.137. The third-order valence-corrected chi connectivity index (χ3v) is 5.40. The van der Waals surface area contributed by atoms with Crippen LogP contribution >= 0.6 is 11.3 Å². The second kappa shape index (κ2) is 8.66. The molecule has 0 atom stereocenters. The van der Waals surface area contributed by atoms with Crippen molar-refractivity contribution in [2.75, 3.05) is 13.2 Å². The lowest BCUT2D eigenvalue weighted by Gasteiger charge is -2.07. The Labute approximate surface area is 177 Å². The fraction of sp³-hybridized carbons (Fsp3) is 0.333. The molecule has 0 unspecified atom stereocenters. The van der Waals surface area contributed by atoms with Crippen LogP contribution in [0.1, 0.15) is 57.3 Å². The number of carbonyl (C=O) groups excluding carboxylic acids is 3. The minimum absolute atomic E-state index is 0.125. The Balaban J connectivity index is 2.12. The summed E-state index contributed by atoms with van der Waals surface area (Å²) in [6.07, 6.45) is 3.31. The van der Waals surface area contributed by atoms with Crippen LogP contribution in [0.5, 0.6) is 0 Å². The number of aryl methyl sites for hydroxylation is 2. The van der Waals surface area contributed by atoms with E-state index in [1.165, 1.54) is 17.4 Å². The van der Waals surface area contributed by atoms with Gasteiger partial charge in [-0.3, -0.25) is 9.20 Å². The first-order valence-corrected chi connectivity index (χ1v) is 10.4. The Kier molecular flexibility index (Phi) is 6.21. The van der Waals surface area contributed by atoms with Crippen molar-refractivity contribution in [2.45, 2.75) is 34.6 Å². The van der Waals surface area contributed by atoms with E-state index in [0.717, 1.165) is 4.96 Å². The van der Waals surface area contributed by atoms with Crippen LogP contribution in [-0.2, 0) is 14.3 Å². The highest BCUT2D eigenvalue weighted by atomic mass is 32.1. The molecular weight excluding hydrogens is 406 g/mol. The number of ketones is 1. The standard InChI is InChI=1S/C21H23N3O5S/c1-6-28-19(26)14(10-15-12(4)23-21-24(15)8-9-30-21)18(25)17-11(3)16(13(5)22-17)20(27)29-7-2/h8-10,22H,6-7H2,1-5H3/b14-10-. The van der Waals surface area contributed by atoms with E-state index in [0.29, 0.717) is 28.2 Å². The van der Waals surface area contributed by atoms with Crippen LogP contribution in [0.15, 0.2) is 17.2 Å². The van der Waals surface area contributed by atoms with Crippen LogP contribution in [0.2, 0.25) is 0 Å². The molecule has 8 nitrogen and oxygen atoms in total. The van der Waals surface area contributed by atoms with Crippen LogP contribution in [0.4, 0.5) is 0 Å². The number of nitrogens with zero attached hydrogens (tertiary/aromatic N) is 2. The molecule has 9 heteroatoms. The molecule has 30 heavy (non-hydrogen) atoms. The van der Waals surface area contributed by atoms with Gasteiger partial charge in [-0.2, -0.15) is 0 Å². The second-order valence-electron chi connectivity index (χ2n) is 6.59. The summed E-state index contributed by atoms with van der Waals surface area (Å²) in [6.45, 7) is 8.86. The van der Waals surface area contributed by atoms with E-state index in [9.17, 15) is 14.4 Å². The third-order valence-electron chi connectivity index (χ3n) is 4.65. The fourth-order valence-corrected chi connectivity index (χ4v) is 4.04. The molecule has 0 amide bonds. The van der Waals surface area contributed by atoms with Crippen LogP contribution in [0.25, 0.3) is 11.0 Å². The third kappa shape index (κ3) is 3.80. The second-order valence-corrected chi connectivity index (χ2v) is 7.46. The topological polar surface area (TPSA) is 103 Å². The van der Waals surface area contributed by atoms with Crippen molar-refractivity contribution in [3.63, 3.8) is 0 Å². The van der Waals surface area contributed by atoms with Gasteiger partial charge in [0.25, 0.3) is 0 Å². The first kappa shape index (κ1) is 21.5. The normalized spacial score (nSPS) is 11.7. The number of ether oxygens (including phenoxy) is 2. The van der Waals surface area contributed by atoms with Gasteiger partial charge in [0.2, 0.25) is 5.78 Å². The molecule has 3 aromatic rings. The molecule has 1 N–H and O–H groups in total. The van der Waals surface area contributed by atoms with Gasteiger partial charge in [-0.1, -0.05) is 0 Å². The van der Waals surface area contributed by atoms with Gasteiger partial charge >= 0.3 is 11.9 Å². The summed E-state index contributed by atoms with van der Waals surface area (Å²) in [6, 6.07) is 0. The minimum atomic E-state index is -0.739. The Morgan fingerprint density at radius 2 is 1.87 bits per heavy atom. The van der Waals surface area contributed by atoms with E-state index >= 15 is 0 Å². The van der Waals surface area contributed by atoms with Crippen molar-refractivity contribution >= 4 is 40.1 Å². The summed E-state index contributed by atoms with van der Waals surface area (Å²) in [5, 5.41) is 1.87. The summed E-state index contributed by atoms with van der Waals surface area (Å²) in [5.41, 5.74) is 2.53. The first-order valence-electron chi connectivity index (χ1n) is 9.52. The monoisotopic (exact) mass is 429 g/mol. The number of thiazole rings is 1. The molecule has 0 aromatic carbocycles. The summed E-state index contributed by atoms with van der Waals surface area (Å²) < 4.78 is 12.0. The highest BCUT2D eigenvalue weighted by molar-refractivity contribution is 7.15. The number of esters is 2. The molecule has 3 heterocycles. The number of fused-ring (bicyclic) bond motifs is 1. The molecule has 0 aliphatic carbocycles. The van der Waals surface area contributed by atoms with E-state index in [-0.39, 0.29) is 24.5 Å². The predicted molar refractivity (Wildman–Crippen MR) is 113 cm³/mol. The van der Waals surface area contributed by atoms with Gasteiger partial charge in [0.15, 0.2) is 4.96 Å². The zero-order chi connectivity index (χ0) is 22.0. The lowest BCUT2D eigenvalue weighted by atomic mass is 10.0. The molecule has 158 valence electrons. The number of aromatic amines is 1. The Hall–Kier alpha value is -3.20. The molecule has 3 rings (SSSR count). The number of Topliss-reactive ketones (excluding diaryl/α,β-unsaturated/α-hetero) is 1. The van der Waals surface area contributed by atoms with Gasteiger partial charge in [-0.25, -0.2) is 14.6 Å². The molecular formula is C21H23N3O5S. The summed E-state index contributed by atoms with van der Waals surface area (Å²) in [4.78, 5) is 46.4. The molecule has 0 fully saturated rings. The van der Waals surface area contributed by atoms with Gasteiger partial charge < -0.3 is 14.5 Å². The van der Waals surface area contributed by atoms with Crippen molar-refractivity contribution in [3.8, 4) is 0 Å². The number of nitrogens with one attached hydrogen (secondary N) is 1. The minimum Gasteiger partial charge on any atom is -0.462 e. The Morgan fingerprint density at radius 3 is 2.53 bits per heavy atom. The number of hydrogen-bond acceptors (Lipinski definition) is 7. The number of aromatic nitrogens is 3. The first-order chi connectivity index (χ1) is 14.3. The highest BCUT2D eigenvalue weighted by Gasteiger charge is 2.29. The molecule has 0 bridgehead atoms. The van der Waals surface area contributed by atoms with Gasteiger partial charge in [-0.15, -0.1) is 11.3 Å². The molecule has 0 radical (unpaired) electrons. The maximum atomic E-state index is 13.4. The van der Waals surface area contributed by atoms with Crippen LogP contribution < -0.4 is 0 Å². The van der Waals surface area contributed by atoms with Crippen molar-refractivity contribution < 1.29 is 23.9 Å². The Bertz CT molecular complexity index is 1170. The number of rotatable bonds is 7. The number of hydrogen-bond donors (Lipinski definition) is 1. The molecule has 3 aromatic heterocycles. The summed E-state index contributed by atoms with van der Waals surface area (Å²) >= 11 is 1.45. The molecule has 0 saturated heterocycles. The van der Waals surface area contributed by atoms with Gasteiger partial charge in [0, 0.05) is 17.3 Å². The predicted octanol–water partition coefficient (Wildman–Crippen LogP) is 3.66. The van der Waals surface area contributed by atoms with Crippen molar-refractivity contribution in [1.82, 2.24) is 14.4 Å². The van der Waals surface area contributed by atoms with Gasteiger partial charge in [-0.05, 0) is 46.3 Å². The van der Waals surface area contributed by atoms with Crippen LogP contribution in [-0.4, -0.2) is 45.3 Å². The zero-order valence-electron chi connectivity index (χ0n) is 17.5. The number of H-pyrrole nitrogens is 1. The van der Waals surface area contributed by atoms with E-state index in [2.05, 4.69) is 9.97 Å². The maximum Gasteiger partial charge on any atom is 0.342 e. The smallest absolute Gasteiger partial charge is 0.342 e. The maximum absolute atomic E-state index is 13.4. The molecule has 0 aliphatic rings. The van der Waals surface area contributed by atoms with Crippen molar-refractivity contribution in [3.05, 3.63) is 51.1 Å². The zero-order valence-corrected chi connectivity index (χ0v) is 18.3.